The molecule has 108 valence electrons. The van der Waals surface area contributed by atoms with Crippen molar-refractivity contribution in [2.24, 2.45) is 7.05 Å². The molecule has 0 bridgehead atoms. The van der Waals surface area contributed by atoms with E-state index in [0.29, 0.717) is 6.42 Å². The Morgan fingerprint density at radius 3 is 2.80 bits per heavy atom. The first-order valence-electron chi connectivity index (χ1n) is 6.65. The summed E-state index contributed by atoms with van der Waals surface area (Å²) < 4.78 is 2.97. The fraction of sp³-hybridized carbons (Fsp3) is 0.400. The molecule has 1 aromatic heterocycles. The van der Waals surface area contributed by atoms with Gasteiger partial charge in [0, 0.05) is 30.5 Å². The van der Waals surface area contributed by atoms with E-state index in [9.17, 15) is 5.11 Å². The van der Waals surface area contributed by atoms with Crippen molar-refractivity contribution in [3.8, 4) is 0 Å². The molecule has 0 radical (unpaired) electrons. The van der Waals surface area contributed by atoms with E-state index < -0.39 is 6.10 Å². The van der Waals surface area contributed by atoms with Crippen LogP contribution < -0.4 is 0 Å². The molecule has 5 heteroatoms. The Morgan fingerprint density at radius 1 is 1.40 bits per heavy atom. The monoisotopic (exact) mass is 337 g/mol. The summed E-state index contributed by atoms with van der Waals surface area (Å²) in [4.78, 5) is 6.48. The van der Waals surface area contributed by atoms with Crippen molar-refractivity contribution in [3.05, 3.63) is 52.5 Å². The van der Waals surface area contributed by atoms with Gasteiger partial charge in [0.05, 0.1) is 12.6 Å². The first kappa shape index (κ1) is 15.2. The molecule has 1 atom stereocenters. The summed E-state index contributed by atoms with van der Waals surface area (Å²) >= 11 is 3.48. The van der Waals surface area contributed by atoms with Crippen LogP contribution in [-0.2, 0) is 13.6 Å². The molecule has 2 aromatic rings. The van der Waals surface area contributed by atoms with E-state index in [2.05, 4.69) is 25.8 Å². The van der Waals surface area contributed by atoms with E-state index >= 15 is 0 Å². The van der Waals surface area contributed by atoms with Crippen LogP contribution in [0, 0.1) is 0 Å². The molecule has 0 aliphatic rings. The zero-order valence-electron chi connectivity index (χ0n) is 11.8. The van der Waals surface area contributed by atoms with Gasteiger partial charge in [-0.05, 0) is 25.1 Å². The minimum atomic E-state index is -0.450. The number of aromatic nitrogens is 2. The highest BCUT2D eigenvalue weighted by atomic mass is 79.9. The largest absolute Gasteiger partial charge is 0.388 e. The quantitative estimate of drug-likeness (QED) is 0.881. The lowest BCUT2D eigenvalue weighted by atomic mass is 10.1. The van der Waals surface area contributed by atoms with Crippen molar-refractivity contribution in [1.29, 1.82) is 0 Å². The lowest BCUT2D eigenvalue weighted by molar-refractivity contribution is 0.146. The predicted octanol–water partition coefficient (Wildman–Crippen LogP) is 2.74. The second-order valence-electron chi connectivity index (χ2n) is 5.02. The third-order valence-corrected chi connectivity index (χ3v) is 4.10. The van der Waals surface area contributed by atoms with E-state index in [1.807, 2.05) is 49.1 Å². The van der Waals surface area contributed by atoms with Crippen molar-refractivity contribution in [2.45, 2.75) is 19.1 Å². The van der Waals surface area contributed by atoms with Crippen molar-refractivity contribution >= 4 is 15.9 Å². The minimum Gasteiger partial charge on any atom is -0.388 e. The molecule has 1 aromatic carbocycles. The number of aliphatic hydroxyl groups is 1. The number of hydrogen-bond acceptors (Lipinski definition) is 3. The van der Waals surface area contributed by atoms with Crippen LogP contribution in [-0.4, -0.2) is 33.1 Å². The van der Waals surface area contributed by atoms with Gasteiger partial charge in [-0.15, -0.1) is 0 Å². The fourth-order valence-corrected chi connectivity index (χ4v) is 2.66. The Bertz CT molecular complexity index is 556. The number of aliphatic hydroxyl groups excluding tert-OH is 1. The minimum absolute atomic E-state index is 0.450. The van der Waals surface area contributed by atoms with Crippen LogP contribution in [0.5, 0.6) is 0 Å². The molecule has 1 heterocycles. The Hall–Kier alpha value is -1.17. The van der Waals surface area contributed by atoms with Gasteiger partial charge in [0.25, 0.3) is 0 Å². The average Bonchev–Trinajstić information content (AvgIpc) is 2.82. The van der Waals surface area contributed by atoms with Gasteiger partial charge in [0.15, 0.2) is 0 Å². The molecule has 0 fully saturated rings. The van der Waals surface area contributed by atoms with Crippen molar-refractivity contribution in [2.75, 3.05) is 13.6 Å². The molecule has 0 spiro atoms. The number of aryl methyl sites for hydroxylation is 1. The molecule has 0 amide bonds. The van der Waals surface area contributed by atoms with Crippen molar-refractivity contribution in [3.63, 3.8) is 0 Å². The highest BCUT2D eigenvalue weighted by Gasteiger charge is 2.12. The molecule has 20 heavy (non-hydrogen) atoms. The van der Waals surface area contributed by atoms with Crippen LogP contribution in [0.15, 0.2) is 41.1 Å². The van der Waals surface area contributed by atoms with Crippen LogP contribution in [0.2, 0.25) is 0 Å². The van der Waals surface area contributed by atoms with Gasteiger partial charge >= 0.3 is 0 Å². The molecule has 0 saturated carbocycles. The molecule has 0 saturated heterocycles. The number of rotatable bonds is 6. The second kappa shape index (κ2) is 7.02. The average molecular weight is 338 g/mol. The Kier molecular flexibility index (Phi) is 5.34. The van der Waals surface area contributed by atoms with Crippen molar-refractivity contribution < 1.29 is 5.11 Å². The van der Waals surface area contributed by atoms with Crippen LogP contribution >= 0.6 is 15.9 Å². The Labute approximate surface area is 128 Å². The van der Waals surface area contributed by atoms with Crippen LogP contribution in [0.3, 0.4) is 0 Å². The summed E-state index contributed by atoms with van der Waals surface area (Å²) in [5.74, 6) is 1.03. The summed E-state index contributed by atoms with van der Waals surface area (Å²) in [6.07, 6.45) is 4.00. The maximum atomic E-state index is 10.3. The predicted molar refractivity (Wildman–Crippen MR) is 83.3 cm³/mol. The first-order valence-corrected chi connectivity index (χ1v) is 7.44. The van der Waals surface area contributed by atoms with E-state index in [1.54, 1.807) is 6.20 Å². The summed E-state index contributed by atoms with van der Waals surface area (Å²) in [6.45, 7) is 1.60. The highest BCUT2D eigenvalue weighted by molar-refractivity contribution is 9.10. The molecule has 4 nitrogen and oxygen atoms in total. The van der Waals surface area contributed by atoms with Gasteiger partial charge in [0.2, 0.25) is 0 Å². The summed E-state index contributed by atoms with van der Waals surface area (Å²) in [5.41, 5.74) is 0.942. The van der Waals surface area contributed by atoms with Gasteiger partial charge in [-0.2, -0.15) is 0 Å². The lowest BCUT2D eigenvalue weighted by Gasteiger charge is -2.19. The molecule has 0 aliphatic carbocycles. The Morgan fingerprint density at radius 2 is 2.15 bits per heavy atom. The summed E-state index contributed by atoms with van der Waals surface area (Å²) in [6, 6.07) is 7.80. The van der Waals surface area contributed by atoms with Gasteiger partial charge in [-0.25, -0.2) is 4.98 Å². The summed E-state index contributed by atoms with van der Waals surface area (Å²) in [7, 11) is 4.04. The summed E-state index contributed by atoms with van der Waals surface area (Å²) in [5, 5.41) is 10.3. The lowest BCUT2D eigenvalue weighted by Crippen LogP contribution is -2.22. The second-order valence-corrected chi connectivity index (χ2v) is 5.87. The standard InChI is InChI=1S/C15H20BrN3O/c1-18(11-15-17-8-10-19(15)2)9-7-14(20)12-5-3-4-6-13(12)16/h3-6,8,10,14,20H,7,9,11H2,1-2H3. The van der Waals surface area contributed by atoms with E-state index in [0.717, 1.165) is 29.0 Å². The Balaban J connectivity index is 1.86. The number of halogens is 1. The topological polar surface area (TPSA) is 41.3 Å². The molecular weight excluding hydrogens is 318 g/mol. The van der Waals surface area contributed by atoms with Crippen LogP contribution in [0.4, 0.5) is 0 Å². The SMILES string of the molecule is CN(CCC(O)c1ccccc1Br)Cc1nccn1C. The van der Waals surface area contributed by atoms with Gasteiger partial charge < -0.3 is 9.67 Å². The molecule has 1 N–H and O–H groups in total. The fourth-order valence-electron chi connectivity index (χ4n) is 2.11. The number of imidazole rings is 1. The molecule has 0 aliphatic heterocycles. The van der Waals surface area contributed by atoms with Crippen LogP contribution in [0.25, 0.3) is 0 Å². The smallest absolute Gasteiger partial charge is 0.122 e. The van der Waals surface area contributed by atoms with Crippen LogP contribution in [0.1, 0.15) is 23.9 Å². The number of nitrogens with zero attached hydrogens (tertiary/aromatic N) is 3. The number of hydrogen-bond donors (Lipinski definition) is 1. The van der Waals surface area contributed by atoms with E-state index in [1.165, 1.54) is 0 Å². The maximum Gasteiger partial charge on any atom is 0.122 e. The number of benzene rings is 1. The maximum absolute atomic E-state index is 10.3. The molecular formula is C15H20BrN3O. The zero-order valence-corrected chi connectivity index (χ0v) is 13.4. The van der Waals surface area contributed by atoms with E-state index in [-0.39, 0.29) is 0 Å². The van der Waals surface area contributed by atoms with Gasteiger partial charge in [-0.1, -0.05) is 34.1 Å². The first-order chi connectivity index (χ1) is 9.58. The zero-order chi connectivity index (χ0) is 14.5. The molecule has 1 unspecified atom stereocenters. The van der Waals surface area contributed by atoms with Gasteiger partial charge in [0.1, 0.15) is 5.82 Å². The van der Waals surface area contributed by atoms with Gasteiger partial charge in [-0.3, -0.25) is 4.90 Å². The van der Waals surface area contributed by atoms with Crippen molar-refractivity contribution in [1.82, 2.24) is 14.5 Å². The normalized spacial score (nSPS) is 12.8. The van der Waals surface area contributed by atoms with E-state index in [4.69, 9.17) is 0 Å². The third kappa shape index (κ3) is 3.91. The highest BCUT2D eigenvalue weighted by Crippen LogP contribution is 2.25. The third-order valence-electron chi connectivity index (χ3n) is 3.38. The molecule has 2 rings (SSSR count).